The van der Waals surface area contributed by atoms with E-state index in [9.17, 15) is 5.11 Å². The molecular weight excluding hydrogens is 310 g/mol. The van der Waals surface area contributed by atoms with E-state index in [0.29, 0.717) is 6.61 Å². The van der Waals surface area contributed by atoms with Crippen molar-refractivity contribution in [3.63, 3.8) is 0 Å². The lowest BCUT2D eigenvalue weighted by molar-refractivity contribution is 0.0329. The van der Waals surface area contributed by atoms with Crippen LogP contribution in [0.4, 0.5) is 0 Å². The molecule has 2 aromatic rings. The minimum absolute atomic E-state index is 0.120. The second kappa shape index (κ2) is 8.15. The van der Waals surface area contributed by atoms with Crippen LogP contribution >= 0.6 is 0 Å². The Bertz CT molecular complexity index is 657. The molecule has 1 N–H and O–H groups in total. The smallest absolute Gasteiger partial charge is 0.0537 e. The molecule has 1 aromatic carbocycles. The van der Waals surface area contributed by atoms with Gasteiger partial charge in [-0.3, -0.25) is 9.58 Å². The molecule has 4 heteroatoms. The lowest BCUT2D eigenvalue weighted by Gasteiger charge is -2.41. The first-order valence-electron chi connectivity index (χ1n) is 9.46. The van der Waals surface area contributed by atoms with Crippen molar-refractivity contribution in [2.75, 3.05) is 19.7 Å². The highest BCUT2D eigenvalue weighted by Gasteiger charge is 2.33. The molecule has 3 rings (SSSR count). The van der Waals surface area contributed by atoms with Gasteiger partial charge in [0.1, 0.15) is 0 Å². The number of aromatic nitrogens is 2. The fourth-order valence-corrected chi connectivity index (χ4v) is 3.93. The zero-order valence-electron chi connectivity index (χ0n) is 15.6. The van der Waals surface area contributed by atoms with E-state index in [1.807, 2.05) is 17.9 Å². The molecule has 136 valence electrons. The van der Waals surface area contributed by atoms with Gasteiger partial charge in [0.25, 0.3) is 0 Å². The molecule has 0 saturated carbocycles. The van der Waals surface area contributed by atoms with Crippen LogP contribution in [0.15, 0.2) is 36.5 Å². The van der Waals surface area contributed by atoms with E-state index in [0.717, 1.165) is 51.7 Å². The first-order valence-corrected chi connectivity index (χ1v) is 9.46. The summed E-state index contributed by atoms with van der Waals surface area (Å²) >= 11 is 0. The SMILES string of the molecule is Cc1c(CN2CCC(CO)(CCCc3ccccc3)CC2)cnn1C. The molecule has 0 aliphatic carbocycles. The second-order valence-electron chi connectivity index (χ2n) is 7.65. The Balaban J connectivity index is 1.49. The molecular formula is C21H31N3O. The van der Waals surface area contributed by atoms with Gasteiger partial charge in [0.2, 0.25) is 0 Å². The van der Waals surface area contributed by atoms with E-state index >= 15 is 0 Å². The van der Waals surface area contributed by atoms with E-state index in [2.05, 4.69) is 47.3 Å². The van der Waals surface area contributed by atoms with Gasteiger partial charge in [-0.2, -0.15) is 5.10 Å². The van der Waals surface area contributed by atoms with E-state index < -0.39 is 0 Å². The predicted molar refractivity (Wildman–Crippen MR) is 101 cm³/mol. The summed E-state index contributed by atoms with van der Waals surface area (Å²) in [4.78, 5) is 2.51. The van der Waals surface area contributed by atoms with Gasteiger partial charge in [-0.1, -0.05) is 30.3 Å². The lowest BCUT2D eigenvalue weighted by atomic mass is 9.75. The summed E-state index contributed by atoms with van der Waals surface area (Å²) in [5, 5.41) is 14.4. The number of benzene rings is 1. The maximum absolute atomic E-state index is 10.0. The summed E-state index contributed by atoms with van der Waals surface area (Å²) in [5.41, 5.74) is 4.10. The van der Waals surface area contributed by atoms with Crippen molar-refractivity contribution in [1.82, 2.24) is 14.7 Å². The fraction of sp³-hybridized carbons (Fsp3) is 0.571. The van der Waals surface area contributed by atoms with Gasteiger partial charge in [-0.05, 0) is 63.1 Å². The molecule has 1 aliphatic heterocycles. The highest BCUT2D eigenvalue weighted by Crippen LogP contribution is 2.36. The third-order valence-electron chi connectivity index (χ3n) is 6.00. The predicted octanol–water partition coefficient (Wildman–Crippen LogP) is 3.33. The van der Waals surface area contributed by atoms with Crippen LogP contribution in [0.3, 0.4) is 0 Å². The topological polar surface area (TPSA) is 41.3 Å². The molecule has 0 radical (unpaired) electrons. The minimum atomic E-state index is 0.120. The summed E-state index contributed by atoms with van der Waals surface area (Å²) in [6.45, 7) is 5.57. The van der Waals surface area contributed by atoms with Crippen LogP contribution in [0, 0.1) is 12.3 Å². The van der Waals surface area contributed by atoms with Crippen LogP contribution in [-0.4, -0.2) is 39.5 Å². The van der Waals surface area contributed by atoms with E-state index in [-0.39, 0.29) is 5.41 Å². The molecule has 1 aliphatic rings. The van der Waals surface area contributed by atoms with Crippen molar-refractivity contribution in [3.8, 4) is 0 Å². The van der Waals surface area contributed by atoms with Crippen molar-refractivity contribution in [1.29, 1.82) is 0 Å². The number of aliphatic hydroxyl groups excluding tert-OH is 1. The molecule has 1 aromatic heterocycles. The maximum Gasteiger partial charge on any atom is 0.0537 e. The number of likely N-dealkylation sites (tertiary alicyclic amines) is 1. The lowest BCUT2D eigenvalue weighted by Crippen LogP contribution is -2.41. The number of rotatable bonds is 7. The zero-order valence-corrected chi connectivity index (χ0v) is 15.6. The van der Waals surface area contributed by atoms with Crippen molar-refractivity contribution in [2.24, 2.45) is 12.5 Å². The highest BCUT2D eigenvalue weighted by molar-refractivity contribution is 5.16. The summed E-state index contributed by atoms with van der Waals surface area (Å²) in [6.07, 6.45) is 7.57. The summed E-state index contributed by atoms with van der Waals surface area (Å²) < 4.78 is 1.95. The first-order chi connectivity index (χ1) is 12.1. The Labute approximate surface area is 151 Å². The zero-order chi connectivity index (χ0) is 17.7. The summed E-state index contributed by atoms with van der Waals surface area (Å²) in [5.74, 6) is 0. The van der Waals surface area contributed by atoms with Crippen LogP contribution < -0.4 is 0 Å². The molecule has 1 fully saturated rings. The average Bonchev–Trinajstić information content (AvgIpc) is 2.96. The Hall–Kier alpha value is -1.65. The van der Waals surface area contributed by atoms with Gasteiger partial charge in [0.15, 0.2) is 0 Å². The number of aliphatic hydroxyl groups is 1. The number of hydrogen-bond acceptors (Lipinski definition) is 3. The Morgan fingerprint density at radius 1 is 1.16 bits per heavy atom. The second-order valence-corrected chi connectivity index (χ2v) is 7.65. The summed E-state index contributed by atoms with van der Waals surface area (Å²) in [6, 6.07) is 10.7. The number of nitrogens with zero attached hydrogens (tertiary/aromatic N) is 3. The molecule has 25 heavy (non-hydrogen) atoms. The molecule has 4 nitrogen and oxygen atoms in total. The van der Waals surface area contributed by atoms with Crippen molar-refractivity contribution < 1.29 is 5.11 Å². The van der Waals surface area contributed by atoms with Crippen LogP contribution in [0.1, 0.15) is 42.5 Å². The number of aryl methyl sites for hydroxylation is 2. The number of piperidine rings is 1. The third kappa shape index (κ3) is 4.50. The van der Waals surface area contributed by atoms with E-state index in [1.54, 1.807) is 0 Å². The third-order valence-corrected chi connectivity index (χ3v) is 6.00. The molecule has 0 amide bonds. The van der Waals surface area contributed by atoms with Crippen molar-refractivity contribution in [3.05, 3.63) is 53.3 Å². The van der Waals surface area contributed by atoms with Gasteiger partial charge in [0.05, 0.1) is 6.20 Å². The summed E-state index contributed by atoms with van der Waals surface area (Å²) in [7, 11) is 2.00. The van der Waals surface area contributed by atoms with Gasteiger partial charge >= 0.3 is 0 Å². The number of hydrogen-bond donors (Lipinski definition) is 1. The Morgan fingerprint density at radius 3 is 2.48 bits per heavy atom. The molecule has 0 unspecified atom stereocenters. The van der Waals surface area contributed by atoms with Gasteiger partial charge in [-0.25, -0.2) is 0 Å². The van der Waals surface area contributed by atoms with Crippen LogP contribution in [-0.2, 0) is 20.0 Å². The Kier molecular flexibility index (Phi) is 5.92. The molecule has 2 heterocycles. The molecule has 1 saturated heterocycles. The Morgan fingerprint density at radius 2 is 1.88 bits per heavy atom. The fourth-order valence-electron chi connectivity index (χ4n) is 3.93. The average molecular weight is 341 g/mol. The van der Waals surface area contributed by atoms with Crippen molar-refractivity contribution in [2.45, 2.75) is 45.6 Å². The van der Waals surface area contributed by atoms with E-state index in [1.165, 1.54) is 16.8 Å². The van der Waals surface area contributed by atoms with E-state index in [4.69, 9.17) is 0 Å². The monoisotopic (exact) mass is 341 g/mol. The molecule has 0 spiro atoms. The van der Waals surface area contributed by atoms with Gasteiger partial charge < -0.3 is 5.11 Å². The normalized spacial score (nSPS) is 17.7. The van der Waals surface area contributed by atoms with Crippen LogP contribution in [0.5, 0.6) is 0 Å². The highest BCUT2D eigenvalue weighted by atomic mass is 16.3. The van der Waals surface area contributed by atoms with Gasteiger partial charge in [0, 0.05) is 31.5 Å². The minimum Gasteiger partial charge on any atom is -0.396 e. The quantitative estimate of drug-likeness (QED) is 0.840. The largest absolute Gasteiger partial charge is 0.396 e. The molecule has 0 bridgehead atoms. The maximum atomic E-state index is 10.0. The first kappa shape index (κ1) is 18.2. The van der Waals surface area contributed by atoms with Crippen molar-refractivity contribution >= 4 is 0 Å². The van der Waals surface area contributed by atoms with Gasteiger partial charge in [-0.15, -0.1) is 0 Å². The standard InChI is InChI=1S/C21H31N3O/c1-18-20(15-22-23(18)2)16-24-13-11-21(17-25,12-14-24)10-6-9-19-7-4-3-5-8-19/h3-5,7-8,15,25H,6,9-14,16-17H2,1-2H3. The van der Waals surface area contributed by atoms with Crippen LogP contribution in [0.25, 0.3) is 0 Å². The van der Waals surface area contributed by atoms with Crippen LogP contribution in [0.2, 0.25) is 0 Å². The molecule has 0 atom stereocenters.